The molecule has 0 spiro atoms. The Hall–Kier alpha value is -4.36. The molecule has 228 valence electrons. The molecule has 43 heavy (non-hydrogen) atoms. The van der Waals surface area contributed by atoms with Crippen LogP contribution >= 0.6 is 34.9 Å². The number of hydrogen-bond acceptors (Lipinski definition) is 15. The van der Waals surface area contributed by atoms with Crippen LogP contribution in [0.3, 0.4) is 0 Å². The van der Waals surface area contributed by atoms with Gasteiger partial charge in [0.25, 0.3) is 11.8 Å². The Balaban J connectivity index is 1.54. The number of nitrogens with one attached hydrogen (secondary N) is 1. The highest BCUT2D eigenvalue weighted by Gasteiger charge is 2.53. The minimum Gasteiger partial charge on any atom is -0.543 e. The summed E-state index contributed by atoms with van der Waals surface area (Å²) in [4.78, 5) is 64.6. The summed E-state index contributed by atoms with van der Waals surface area (Å²) in [5, 5.41) is 27.6. The largest absolute Gasteiger partial charge is 0.543 e. The fraction of sp³-hybridized carbons (Fsp3) is 0.333. The van der Waals surface area contributed by atoms with Gasteiger partial charge in [-0.05, 0) is 38.1 Å². The summed E-state index contributed by atoms with van der Waals surface area (Å²) >= 11 is 3.32. The van der Waals surface area contributed by atoms with Crippen LogP contribution in [0.15, 0.2) is 39.9 Å². The van der Waals surface area contributed by atoms with Gasteiger partial charge in [0, 0.05) is 17.7 Å². The van der Waals surface area contributed by atoms with Gasteiger partial charge in [-0.2, -0.15) is 4.57 Å². The summed E-state index contributed by atoms with van der Waals surface area (Å²) < 4.78 is 1.59. The van der Waals surface area contributed by atoms with Gasteiger partial charge in [-0.25, -0.2) is 9.78 Å². The van der Waals surface area contributed by atoms with Crippen LogP contribution in [-0.4, -0.2) is 78.0 Å². The predicted octanol–water partition coefficient (Wildman–Crippen LogP) is -1.16. The number of thiazole rings is 1. The fourth-order valence-corrected chi connectivity index (χ4v) is 7.02. The first kappa shape index (κ1) is 31.6. The molecule has 4 heterocycles. The predicted molar refractivity (Wildman–Crippen MR) is 158 cm³/mol. The second-order valence-corrected chi connectivity index (χ2v) is 12.6. The number of thioether (sulfide) groups is 2. The summed E-state index contributed by atoms with van der Waals surface area (Å²) in [6.07, 6.45) is 4.68. The van der Waals surface area contributed by atoms with E-state index in [-0.39, 0.29) is 38.7 Å². The van der Waals surface area contributed by atoms with Crippen molar-refractivity contribution in [3.05, 3.63) is 34.5 Å². The van der Waals surface area contributed by atoms with E-state index < -0.39 is 40.8 Å². The number of nitrogens with two attached hydrogens (primary N) is 3. The Kier molecular flexibility index (Phi) is 9.16. The third kappa shape index (κ3) is 6.52. The van der Waals surface area contributed by atoms with Crippen LogP contribution in [-0.2, 0) is 24.0 Å². The van der Waals surface area contributed by atoms with E-state index in [0.717, 1.165) is 16.2 Å². The molecule has 2 atom stereocenters. The van der Waals surface area contributed by atoms with Gasteiger partial charge in [-0.1, -0.05) is 27.6 Å². The van der Waals surface area contributed by atoms with E-state index >= 15 is 0 Å². The van der Waals surface area contributed by atoms with E-state index in [2.05, 4.69) is 20.4 Å². The summed E-state index contributed by atoms with van der Waals surface area (Å²) in [6, 6.07) is 0.375. The summed E-state index contributed by atoms with van der Waals surface area (Å²) in [6.45, 7) is 4.27. The molecule has 2 amide bonds. The highest BCUT2D eigenvalue weighted by molar-refractivity contribution is 8.01. The first-order chi connectivity index (χ1) is 20.2. The molecule has 16 nitrogen and oxygen atoms in total. The lowest BCUT2D eigenvalue weighted by atomic mass is 10.0. The van der Waals surface area contributed by atoms with Gasteiger partial charge >= 0.3 is 11.1 Å². The average molecular weight is 650 g/mol. The second kappa shape index (κ2) is 12.5. The summed E-state index contributed by atoms with van der Waals surface area (Å²) in [5.41, 5.74) is 15.6. The highest BCUT2D eigenvalue weighted by atomic mass is 32.2. The molecule has 1 fully saturated rings. The quantitative estimate of drug-likeness (QED) is 0.0481. The Morgan fingerprint density at radius 3 is 2.70 bits per heavy atom. The molecule has 4 rings (SSSR count). The molecule has 0 bridgehead atoms. The molecule has 0 aliphatic carbocycles. The van der Waals surface area contributed by atoms with E-state index in [1.54, 1.807) is 23.8 Å². The molecule has 2 aliphatic rings. The molecule has 8 N–H and O–H groups in total. The van der Waals surface area contributed by atoms with Crippen molar-refractivity contribution in [1.82, 2.24) is 20.2 Å². The number of hydrogen-bond donors (Lipinski definition) is 5. The number of amides is 2. The molecular formula is C24H27N9O7S3. The van der Waals surface area contributed by atoms with Crippen molar-refractivity contribution in [2.45, 2.75) is 42.9 Å². The Labute approximate surface area is 257 Å². The van der Waals surface area contributed by atoms with Crippen LogP contribution in [0.2, 0.25) is 0 Å². The van der Waals surface area contributed by atoms with Crippen LogP contribution in [0.25, 0.3) is 6.20 Å². The topological polar surface area (TPSA) is 256 Å². The minimum absolute atomic E-state index is 0.114. The smallest absolute Gasteiger partial charge is 0.350 e. The molecule has 2 aliphatic heterocycles. The number of carbonyl (C=O) groups is 4. The number of carboxylic acids is 2. The SMILES string of the molecule is C/C=C/[n+]1c(N)cc(N)nc1SCC1=C(C(=O)[O-])N2C(=O)C(NC(=O)/C(=N\OC(C)(C)C(=O)O)c3cnc(N)s3)C2SC1. The molecule has 2 unspecified atom stereocenters. The number of aromatic nitrogens is 3. The van der Waals surface area contributed by atoms with Gasteiger partial charge < -0.3 is 42.4 Å². The highest BCUT2D eigenvalue weighted by Crippen LogP contribution is 2.41. The standard InChI is InChI=1S/C24H27N9O7S3/c1-4-5-32-13(26)6-12(25)29-23(32)42-9-10-8-41-19-15(18(35)33(19)16(10)20(36)37)30-17(34)14(11-7-28-22(27)43-11)31-40-24(2,3)21(38)39/h4-7,15,19H,8-9H2,1-3H3,(H8,25,26,27,28,30,31,34,36,37,38,39)/b5-4+. The maximum atomic E-state index is 13.3. The van der Waals surface area contributed by atoms with Crippen LogP contribution in [0.5, 0.6) is 0 Å². The van der Waals surface area contributed by atoms with Crippen LogP contribution in [0.1, 0.15) is 25.6 Å². The molecule has 2 aromatic heterocycles. The van der Waals surface area contributed by atoms with Gasteiger partial charge in [0.15, 0.2) is 10.8 Å². The van der Waals surface area contributed by atoms with Crippen molar-refractivity contribution in [2.24, 2.45) is 5.16 Å². The van der Waals surface area contributed by atoms with Crippen molar-refractivity contribution >= 4 is 87.3 Å². The number of aliphatic carboxylic acids is 2. The number of carbonyl (C=O) groups excluding carboxylic acids is 3. The van der Waals surface area contributed by atoms with Crippen molar-refractivity contribution in [3.8, 4) is 0 Å². The number of rotatable bonds is 11. The Morgan fingerprint density at radius 2 is 2.09 bits per heavy atom. The number of nitrogens with zero attached hydrogens (tertiary/aromatic N) is 5. The maximum absolute atomic E-state index is 13.3. The van der Waals surface area contributed by atoms with Crippen molar-refractivity contribution in [3.63, 3.8) is 0 Å². The number of nitrogen functional groups attached to an aromatic ring is 3. The summed E-state index contributed by atoms with van der Waals surface area (Å²) in [5.74, 6) is -3.57. The summed E-state index contributed by atoms with van der Waals surface area (Å²) in [7, 11) is 0. The molecule has 0 saturated carbocycles. The number of carboxylic acid groups (broad SMARTS) is 2. The number of oxime groups is 1. The van der Waals surface area contributed by atoms with Gasteiger partial charge in [-0.15, -0.1) is 11.8 Å². The second-order valence-electron chi connectivity index (χ2n) is 9.54. The van der Waals surface area contributed by atoms with Crippen LogP contribution in [0, 0.1) is 0 Å². The van der Waals surface area contributed by atoms with E-state index in [1.807, 2.05) is 0 Å². The number of anilines is 3. The average Bonchev–Trinajstić information content (AvgIpc) is 3.36. The van der Waals surface area contributed by atoms with Gasteiger partial charge in [0.1, 0.15) is 11.4 Å². The first-order valence-electron chi connectivity index (χ1n) is 12.4. The molecule has 2 aromatic rings. The molecule has 0 aromatic carbocycles. The zero-order valence-electron chi connectivity index (χ0n) is 23.0. The van der Waals surface area contributed by atoms with Crippen molar-refractivity contribution < 1.29 is 38.8 Å². The lowest BCUT2D eigenvalue weighted by molar-refractivity contribution is -0.599. The third-order valence-electron chi connectivity index (χ3n) is 6.06. The first-order valence-corrected chi connectivity index (χ1v) is 15.2. The van der Waals surface area contributed by atoms with E-state index in [1.165, 1.54) is 49.6 Å². The number of fused-ring (bicyclic) bond motifs is 1. The lowest BCUT2D eigenvalue weighted by Crippen LogP contribution is -2.71. The van der Waals surface area contributed by atoms with E-state index in [4.69, 9.17) is 22.0 Å². The fourth-order valence-electron chi connectivity index (χ4n) is 3.87. The van der Waals surface area contributed by atoms with Gasteiger partial charge in [0.2, 0.25) is 17.2 Å². The zero-order valence-corrected chi connectivity index (χ0v) is 25.4. The zero-order chi connectivity index (χ0) is 31.6. The Morgan fingerprint density at radius 1 is 1.37 bits per heavy atom. The molecule has 1 saturated heterocycles. The van der Waals surface area contributed by atoms with Crippen LogP contribution in [0.4, 0.5) is 16.8 Å². The number of allylic oxidation sites excluding steroid dienone is 1. The molecular weight excluding hydrogens is 623 g/mol. The lowest BCUT2D eigenvalue weighted by Gasteiger charge is -2.50. The molecule has 0 radical (unpaired) electrons. The minimum atomic E-state index is -1.77. The van der Waals surface area contributed by atoms with Crippen molar-refractivity contribution in [1.29, 1.82) is 0 Å². The third-order valence-corrected chi connectivity index (χ3v) is 9.27. The number of β-lactam (4-membered cyclic amide) rings is 1. The van der Waals surface area contributed by atoms with Crippen LogP contribution < -0.4 is 32.2 Å². The van der Waals surface area contributed by atoms with Crippen molar-refractivity contribution in [2.75, 3.05) is 28.7 Å². The maximum Gasteiger partial charge on any atom is 0.350 e. The Bertz CT molecular complexity index is 1590. The van der Waals surface area contributed by atoms with Gasteiger partial charge in [-0.3, -0.25) is 14.5 Å². The van der Waals surface area contributed by atoms with Gasteiger partial charge in [0.05, 0.1) is 28.8 Å². The van der Waals surface area contributed by atoms with E-state index in [0.29, 0.717) is 16.5 Å². The molecule has 19 heteroatoms. The van der Waals surface area contributed by atoms with E-state index in [9.17, 15) is 29.4 Å². The monoisotopic (exact) mass is 649 g/mol. The normalized spacial score (nSPS) is 18.8.